The number of unbranched alkanes of at least 4 members (excludes halogenated alkanes) is 8. The molecule has 0 amide bonds. The van der Waals surface area contributed by atoms with E-state index in [0.29, 0.717) is 5.56 Å². The summed E-state index contributed by atoms with van der Waals surface area (Å²) in [6.07, 6.45) is 23.6. The molecule has 5 heteroatoms. The Labute approximate surface area is 243 Å². The van der Waals surface area contributed by atoms with E-state index in [1.807, 2.05) is 0 Å². The fourth-order valence-electron chi connectivity index (χ4n) is 6.53. The second-order valence-corrected chi connectivity index (χ2v) is 12.4. The van der Waals surface area contributed by atoms with Crippen LogP contribution in [0.4, 0.5) is 0 Å². The van der Waals surface area contributed by atoms with Crippen LogP contribution < -0.4 is 0 Å². The van der Waals surface area contributed by atoms with Gasteiger partial charge in [0.2, 0.25) is 0 Å². The van der Waals surface area contributed by atoms with Gasteiger partial charge in [-0.05, 0) is 81.4 Å². The summed E-state index contributed by atoms with van der Waals surface area (Å²) in [5.74, 6) is 0.611. The molecule has 2 aliphatic rings. The topological polar surface area (TPSA) is 76.4 Å². The van der Waals surface area contributed by atoms with Crippen LogP contribution in [-0.2, 0) is 9.47 Å². The number of rotatable bonds is 16. The van der Waals surface area contributed by atoms with Crippen molar-refractivity contribution in [3.8, 4) is 6.07 Å². The summed E-state index contributed by atoms with van der Waals surface area (Å²) in [6, 6.07) is 6.71. The Balaban J connectivity index is 1.40. The quantitative estimate of drug-likeness (QED) is 0.151. The molecule has 2 aliphatic carbocycles. The third-order valence-electron chi connectivity index (χ3n) is 9.16. The summed E-state index contributed by atoms with van der Waals surface area (Å²) in [4.78, 5) is 25.8. The van der Waals surface area contributed by atoms with Gasteiger partial charge in [-0.1, -0.05) is 90.9 Å². The molecule has 1 aromatic rings. The van der Waals surface area contributed by atoms with Crippen molar-refractivity contribution < 1.29 is 19.1 Å². The average molecular weight is 552 g/mol. The molecule has 0 bridgehead atoms. The Morgan fingerprint density at radius 1 is 0.700 bits per heavy atom. The van der Waals surface area contributed by atoms with Gasteiger partial charge in [0, 0.05) is 0 Å². The lowest BCUT2D eigenvalue weighted by Crippen LogP contribution is -2.25. The zero-order valence-corrected chi connectivity index (χ0v) is 25.3. The molecule has 0 unspecified atom stereocenters. The highest BCUT2D eigenvalue weighted by Crippen LogP contribution is 2.32. The largest absolute Gasteiger partial charge is 0.459 e. The zero-order valence-electron chi connectivity index (χ0n) is 25.3. The van der Waals surface area contributed by atoms with Crippen LogP contribution in [0.3, 0.4) is 0 Å². The van der Waals surface area contributed by atoms with E-state index in [1.165, 1.54) is 83.1 Å². The minimum Gasteiger partial charge on any atom is -0.459 e. The van der Waals surface area contributed by atoms with E-state index in [-0.39, 0.29) is 23.3 Å². The fourth-order valence-corrected chi connectivity index (χ4v) is 6.53. The lowest BCUT2D eigenvalue weighted by Gasteiger charge is -2.28. The van der Waals surface area contributed by atoms with E-state index in [1.54, 1.807) is 12.1 Å². The molecule has 222 valence electrons. The molecular weight excluding hydrogens is 498 g/mol. The molecule has 0 atom stereocenters. The SMILES string of the molecule is CCCCCCCC1CCC(OC(=O)c2ccc(C(=O)OC3CCC(CCCCCCC)CC3)c(C#N)c2)CC1. The Morgan fingerprint density at radius 3 is 1.65 bits per heavy atom. The molecule has 0 heterocycles. The van der Waals surface area contributed by atoms with Crippen LogP contribution in [0.1, 0.15) is 169 Å². The summed E-state index contributed by atoms with van der Waals surface area (Å²) in [6.45, 7) is 4.49. The highest BCUT2D eigenvalue weighted by molar-refractivity contribution is 5.96. The van der Waals surface area contributed by atoms with Crippen molar-refractivity contribution in [2.45, 2.75) is 154 Å². The molecule has 0 aliphatic heterocycles. The summed E-state index contributed by atoms with van der Waals surface area (Å²) >= 11 is 0. The third kappa shape index (κ3) is 10.9. The molecular formula is C35H53NO4. The number of hydrogen-bond donors (Lipinski definition) is 0. The highest BCUT2D eigenvalue weighted by atomic mass is 16.5. The molecule has 5 nitrogen and oxygen atoms in total. The van der Waals surface area contributed by atoms with E-state index < -0.39 is 11.9 Å². The summed E-state index contributed by atoms with van der Waals surface area (Å²) < 4.78 is 11.6. The first kappa shape index (κ1) is 32.2. The Hall–Kier alpha value is -2.35. The van der Waals surface area contributed by atoms with Gasteiger partial charge < -0.3 is 9.47 Å². The van der Waals surface area contributed by atoms with Gasteiger partial charge >= 0.3 is 11.9 Å². The van der Waals surface area contributed by atoms with Crippen molar-refractivity contribution in [1.82, 2.24) is 0 Å². The van der Waals surface area contributed by atoms with Crippen molar-refractivity contribution in [3.63, 3.8) is 0 Å². The van der Waals surface area contributed by atoms with Gasteiger partial charge in [0.05, 0.1) is 16.7 Å². The number of carbonyl (C=O) groups excluding carboxylic acids is 2. The molecule has 0 N–H and O–H groups in total. The van der Waals surface area contributed by atoms with Crippen molar-refractivity contribution in [2.24, 2.45) is 11.8 Å². The van der Waals surface area contributed by atoms with Gasteiger partial charge in [-0.2, -0.15) is 5.26 Å². The standard InChI is InChI=1S/C35H53NO4/c1-3-5-7-9-11-13-27-15-20-31(21-16-27)39-34(37)29-19-24-33(30(25-29)26-36)35(38)40-32-22-17-28(18-23-32)14-12-10-8-6-4-2/h19,24-25,27-28,31-32H,3-18,20-23H2,1-2H3. The number of nitriles is 1. The first-order chi connectivity index (χ1) is 19.5. The van der Waals surface area contributed by atoms with Crippen LogP contribution in [0.2, 0.25) is 0 Å². The van der Waals surface area contributed by atoms with Crippen molar-refractivity contribution in [1.29, 1.82) is 5.26 Å². The lowest BCUT2D eigenvalue weighted by atomic mass is 9.84. The molecule has 2 fully saturated rings. The van der Waals surface area contributed by atoms with Gasteiger partial charge in [0.1, 0.15) is 18.3 Å². The summed E-state index contributed by atoms with van der Waals surface area (Å²) in [5.41, 5.74) is 0.731. The first-order valence-electron chi connectivity index (χ1n) is 16.5. The van der Waals surface area contributed by atoms with Crippen LogP contribution >= 0.6 is 0 Å². The van der Waals surface area contributed by atoms with Gasteiger partial charge in [0.25, 0.3) is 0 Å². The molecule has 0 aromatic heterocycles. The molecule has 1 aromatic carbocycles. The number of esters is 2. The Kier molecular flexibility index (Phi) is 14.6. The molecule has 40 heavy (non-hydrogen) atoms. The summed E-state index contributed by atoms with van der Waals surface area (Å²) in [5, 5.41) is 9.71. The number of ether oxygens (including phenoxy) is 2. The maximum Gasteiger partial charge on any atom is 0.339 e. The maximum absolute atomic E-state index is 12.9. The number of nitrogens with zero attached hydrogens (tertiary/aromatic N) is 1. The Morgan fingerprint density at radius 2 is 1.18 bits per heavy atom. The first-order valence-corrected chi connectivity index (χ1v) is 16.5. The minimum absolute atomic E-state index is 0.0644. The van der Waals surface area contributed by atoms with Gasteiger partial charge in [0.15, 0.2) is 0 Å². The zero-order chi connectivity index (χ0) is 28.6. The van der Waals surface area contributed by atoms with Crippen LogP contribution in [0, 0.1) is 23.2 Å². The number of benzene rings is 1. The van der Waals surface area contributed by atoms with E-state index in [9.17, 15) is 14.9 Å². The van der Waals surface area contributed by atoms with Crippen molar-refractivity contribution in [2.75, 3.05) is 0 Å². The number of hydrogen-bond acceptors (Lipinski definition) is 5. The Bertz CT molecular complexity index is 935. The van der Waals surface area contributed by atoms with Crippen LogP contribution in [-0.4, -0.2) is 24.1 Å². The van der Waals surface area contributed by atoms with Crippen LogP contribution in [0.15, 0.2) is 18.2 Å². The predicted molar refractivity (Wildman–Crippen MR) is 160 cm³/mol. The van der Waals surface area contributed by atoms with E-state index in [4.69, 9.17) is 9.47 Å². The smallest absolute Gasteiger partial charge is 0.339 e. The predicted octanol–water partition coefficient (Wildman–Crippen LogP) is 9.71. The van der Waals surface area contributed by atoms with Gasteiger partial charge in [-0.15, -0.1) is 0 Å². The number of carbonyl (C=O) groups is 2. The second-order valence-electron chi connectivity index (χ2n) is 12.4. The second kappa shape index (κ2) is 18.2. The molecule has 0 saturated heterocycles. The van der Waals surface area contributed by atoms with Crippen molar-refractivity contribution in [3.05, 3.63) is 34.9 Å². The highest BCUT2D eigenvalue weighted by Gasteiger charge is 2.27. The van der Waals surface area contributed by atoms with Crippen LogP contribution in [0.5, 0.6) is 0 Å². The normalized spacial score (nSPS) is 22.8. The third-order valence-corrected chi connectivity index (χ3v) is 9.16. The summed E-state index contributed by atoms with van der Waals surface area (Å²) in [7, 11) is 0. The van der Waals surface area contributed by atoms with E-state index in [2.05, 4.69) is 19.9 Å². The minimum atomic E-state index is -0.465. The monoisotopic (exact) mass is 551 g/mol. The van der Waals surface area contributed by atoms with Gasteiger partial charge in [-0.3, -0.25) is 0 Å². The lowest BCUT2D eigenvalue weighted by molar-refractivity contribution is 0.0147. The molecule has 0 radical (unpaired) electrons. The van der Waals surface area contributed by atoms with Crippen LogP contribution in [0.25, 0.3) is 0 Å². The van der Waals surface area contributed by atoms with Crippen molar-refractivity contribution >= 4 is 11.9 Å². The van der Waals surface area contributed by atoms with E-state index in [0.717, 1.165) is 63.2 Å². The maximum atomic E-state index is 12.9. The molecule has 0 spiro atoms. The van der Waals surface area contributed by atoms with Gasteiger partial charge in [-0.25, -0.2) is 9.59 Å². The average Bonchev–Trinajstić information content (AvgIpc) is 2.98. The fraction of sp³-hybridized carbons (Fsp3) is 0.743. The van der Waals surface area contributed by atoms with E-state index >= 15 is 0 Å². The molecule has 2 saturated carbocycles. The molecule has 3 rings (SSSR count).